The van der Waals surface area contributed by atoms with Crippen LogP contribution in [0.25, 0.3) is 5.65 Å². The lowest BCUT2D eigenvalue weighted by Crippen LogP contribution is -2.27. The second-order valence-corrected chi connectivity index (χ2v) is 7.36. The molecule has 0 unspecified atom stereocenters. The van der Waals surface area contributed by atoms with E-state index in [-0.39, 0.29) is 5.91 Å². The topological polar surface area (TPSA) is 68.5 Å². The fourth-order valence-electron chi connectivity index (χ4n) is 3.75. The summed E-state index contributed by atoms with van der Waals surface area (Å²) in [6.07, 6.45) is 2.39. The second kappa shape index (κ2) is 8.10. The summed E-state index contributed by atoms with van der Waals surface area (Å²) in [5.41, 5.74) is 9.33. The van der Waals surface area contributed by atoms with Gasteiger partial charge in [0, 0.05) is 31.5 Å². The largest absolute Gasteiger partial charge is 0.383 e. The van der Waals surface area contributed by atoms with Crippen LogP contribution >= 0.6 is 0 Å². The highest BCUT2D eigenvalue weighted by Gasteiger charge is 2.19. The van der Waals surface area contributed by atoms with E-state index in [1.807, 2.05) is 13.8 Å². The van der Waals surface area contributed by atoms with E-state index in [1.54, 1.807) is 17.8 Å². The molecule has 0 aliphatic carbocycles. The van der Waals surface area contributed by atoms with Gasteiger partial charge in [-0.2, -0.15) is 5.10 Å². The van der Waals surface area contributed by atoms with Crippen molar-refractivity contribution in [1.29, 1.82) is 0 Å². The molecule has 1 N–H and O–H groups in total. The first kappa shape index (κ1) is 20.0. The lowest BCUT2D eigenvalue weighted by Gasteiger charge is -2.15. The minimum Gasteiger partial charge on any atom is -0.383 e. The number of rotatable bonds is 6. The number of hydrogen-bond acceptors (Lipinski definition) is 4. The van der Waals surface area contributed by atoms with E-state index in [9.17, 15) is 4.79 Å². The summed E-state index contributed by atoms with van der Waals surface area (Å²) >= 11 is 0. The molecule has 0 spiro atoms. The van der Waals surface area contributed by atoms with E-state index in [0.717, 1.165) is 23.4 Å². The molecule has 0 radical (unpaired) electrons. The maximum Gasteiger partial charge on any atom is 0.256 e. The van der Waals surface area contributed by atoms with E-state index in [2.05, 4.69) is 43.3 Å². The first-order chi connectivity index (χ1) is 13.3. The number of carbonyl (C=O) groups excluding carboxylic acids is 1. The Morgan fingerprint density at radius 2 is 1.79 bits per heavy atom. The average Bonchev–Trinajstić information content (AvgIpc) is 3.04. The molecule has 0 atom stereocenters. The number of ether oxygens (including phenoxy) is 1. The summed E-state index contributed by atoms with van der Waals surface area (Å²) in [5, 5.41) is 7.27. The van der Waals surface area contributed by atoms with Gasteiger partial charge in [-0.15, -0.1) is 0 Å². The van der Waals surface area contributed by atoms with Gasteiger partial charge in [0.2, 0.25) is 0 Å². The van der Waals surface area contributed by atoms with Crippen LogP contribution in [0, 0.1) is 34.6 Å². The number of methoxy groups -OCH3 is 1. The van der Waals surface area contributed by atoms with Crippen LogP contribution in [-0.2, 0) is 11.2 Å². The van der Waals surface area contributed by atoms with Gasteiger partial charge in [-0.05, 0) is 56.9 Å². The van der Waals surface area contributed by atoms with Crippen molar-refractivity contribution in [3.8, 4) is 0 Å². The zero-order valence-corrected chi connectivity index (χ0v) is 17.5. The molecule has 1 aromatic carbocycles. The molecule has 0 fully saturated rings. The Bertz CT molecular complexity index is 1010. The third-order valence-electron chi connectivity index (χ3n) is 5.24. The van der Waals surface area contributed by atoms with E-state index in [4.69, 9.17) is 9.72 Å². The monoisotopic (exact) mass is 380 g/mol. The number of benzene rings is 1. The maximum absolute atomic E-state index is 12.5. The molecule has 28 heavy (non-hydrogen) atoms. The number of amides is 1. The molecule has 1 amide bonds. The van der Waals surface area contributed by atoms with Crippen LogP contribution in [0.4, 0.5) is 0 Å². The third kappa shape index (κ3) is 3.78. The summed E-state index contributed by atoms with van der Waals surface area (Å²) in [6, 6.07) is 4.44. The van der Waals surface area contributed by atoms with Crippen LogP contribution in [0.1, 0.15) is 49.6 Å². The van der Waals surface area contributed by atoms with Gasteiger partial charge < -0.3 is 10.1 Å². The number of nitrogens with zero attached hydrogens (tertiary/aromatic N) is 3. The maximum atomic E-state index is 12.5. The molecule has 0 bridgehead atoms. The molecule has 0 saturated carbocycles. The summed E-state index contributed by atoms with van der Waals surface area (Å²) in [7, 11) is 1.61. The van der Waals surface area contributed by atoms with Crippen molar-refractivity contribution in [2.75, 3.05) is 20.3 Å². The molecule has 2 aromatic heterocycles. The Morgan fingerprint density at radius 3 is 2.43 bits per heavy atom. The number of aromatic nitrogens is 3. The highest BCUT2D eigenvalue weighted by Crippen LogP contribution is 2.24. The van der Waals surface area contributed by atoms with Crippen molar-refractivity contribution in [2.24, 2.45) is 0 Å². The van der Waals surface area contributed by atoms with Crippen LogP contribution in [0.15, 0.2) is 18.3 Å². The van der Waals surface area contributed by atoms with Gasteiger partial charge in [0.25, 0.3) is 5.91 Å². The average molecular weight is 380 g/mol. The van der Waals surface area contributed by atoms with Crippen molar-refractivity contribution < 1.29 is 9.53 Å². The summed E-state index contributed by atoms with van der Waals surface area (Å²) < 4.78 is 6.75. The van der Waals surface area contributed by atoms with E-state index in [1.165, 1.54) is 22.3 Å². The van der Waals surface area contributed by atoms with Crippen LogP contribution in [0.5, 0.6) is 0 Å². The molecule has 3 rings (SSSR count). The van der Waals surface area contributed by atoms with Crippen molar-refractivity contribution in [2.45, 2.75) is 41.0 Å². The first-order valence-electron chi connectivity index (χ1n) is 9.51. The molecule has 2 heterocycles. The summed E-state index contributed by atoms with van der Waals surface area (Å²) in [4.78, 5) is 17.2. The van der Waals surface area contributed by atoms with Crippen molar-refractivity contribution >= 4 is 11.6 Å². The van der Waals surface area contributed by atoms with Gasteiger partial charge in [0.05, 0.1) is 12.8 Å². The predicted octanol–water partition coefficient (Wildman–Crippen LogP) is 3.24. The Hall–Kier alpha value is -2.73. The Morgan fingerprint density at radius 1 is 1.11 bits per heavy atom. The number of hydrogen-bond donors (Lipinski definition) is 1. The number of carbonyl (C=O) groups is 1. The highest BCUT2D eigenvalue weighted by molar-refractivity contribution is 5.99. The molecule has 3 aromatic rings. The molecule has 0 aliphatic heterocycles. The molecule has 6 heteroatoms. The van der Waals surface area contributed by atoms with Gasteiger partial charge in [0.15, 0.2) is 5.65 Å². The minimum absolute atomic E-state index is 0.184. The van der Waals surface area contributed by atoms with E-state index in [0.29, 0.717) is 24.4 Å². The van der Waals surface area contributed by atoms with Crippen LogP contribution in [0.3, 0.4) is 0 Å². The van der Waals surface area contributed by atoms with Crippen molar-refractivity contribution in [1.82, 2.24) is 19.9 Å². The minimum atomic E-state index is -0.184. The fraction of sp³-hybridized carbons (Fsp3) is 0.409. The summed E-state index contributed by atoms with van der Waals surface area (Å²) in [6.45, 7) is 11.4. The second-order valence-electron chi connectivity index (χ2n) is 7.36. The highest BCUT2D eigenvalue weighted by atomic mass is 16.5. The smallest absolute Gasteiger partial charge is 0.256 e. The Kier molecular flexibility index (Phi) is 5.79. The third-order valence-corrected chi connectivity index (χ3v) is 5.24. The van der Waals surface area contributed by atoms with Gasteiger partial charge in [-0.25, -0.2) is 9.50 Å². The zero-order chi connectivity index (χ0) is 20.4. The molecular weight excluding hydrogens is 352 g/mol. The molecule has 148 valence electrons. The van der Waals surface area contributed by atoms with Crippen LogP contribution in [-0.4, -0.2) is 40.8 Å². The van der Waals surface area contributed by atoms with E-state index < -0.39 is 0 Å². The van der Waals surface area contributed by atoms with Crippen LogP contribution < -0.4 is 5.32 Å². The molecule has 0 aliphatic rings. The first-order valence-corrected chi connectivity index (χ1v) is 9.51. The molecule has 0 saturated heterocycles. The Balaban J connectivity index is 1.99. The van der Waals surface area contributed by atoms with E-state index >= 15 is 0 Å². The number of nitrogens with one attached hydrogen (secondary N) is 1. The standard InChI is InChI=1S/C22H28N4O2/c1-13-9-14(2)18(15(3)10-13)11-19-16(4)25-21-20(12-24-26(21)17(19)5)22(27)23-7-8-28-6/h9-10,12H,7-8,11H2,1-6H3,(H,23,27). The predicted molar refractivity (Wildman–Crippen MR) is 110 cm³/mol. The number of aryl methyl sites for hydroxylation is 5. The van der Waals surface area contributed by atoms with Crippen molar-refractivity contribution in [3.63, 3.8) is 0 Å². The normalized spacial score (nSPS) is 11.2. The summed E-state index contributed by atoms with van der Waals surface area (Å²) in [5.74, 6) is -0.184. The fourth-order valence-corrected chi connectivity index (χ4v) is 3.75. The molecular formula is C22H28N4O2. The Labute approximate surface area is 165 Å². The quantitative estimate of drug-likeness (QED) is 0.667. The number of fused-ring (bicyclic) bond motifs is 1. The van der Waals surface area contributed by atoms with Crippen LogP contribution in [0.2, 0.25) is 0 Å². The van der Waals surface area contributed by atoms with Gasteiger partial charge in [0.1, 0.15) is 5.56 Å². The van der Waals surface area contributed by atoms with Gasteiger partial charge in [-0.1, -0.05) is 17.7 Å². The van der Waals surface area contributed by atoms with Gasteiger partial charge >= 0.3 is 0 Å². The lowest BCUT2D eigenvalue weighted by atomic mass is 9.93. The van der Waals surface area contributed by atoms with Gasteiger partial charge in [-0.3, -0.25) is 4.79 Å². The SMILES string of the molecule is COCCNC(=O)c1cnn2c(C)c(Cc3c(C)cc(C)cc3C)c(C)nc12. The van der Waals surface area contributed by atoms with Crippen molar-refractivity contribution in [3.05, 3.63) is 63.1 Å². The lowest BCUT2D eigenvalue weighted by molar-refractivity contribution is 0.0938. The zero-order valence-electron chi connectivity index (χ0n) is 17.5. The molecule has 6 nitrogen and oxygen atoms in total.